The van der Waals surface area contributed by atoms with Crippen molar-refractivity contribution in [2.24, 2.45) is 11.8 Å². The van der Waals surface area contributed by atoms with Crippen LogP contribution in [-0.4, -0.2) is 35.5 Å². The lowest BCUT2D eigenvalue weighted by atomic mass is 10.1. The van der Waals surface area contributed by atoms with Crippen LogP contribution in [0.3, 0.4) is 0 Å². The second kappa shape index (κ2) is 2.76. The summed E-state index contributed by atoms with van der Waals surface area (Å²) in [7, 11) is 0. The van der Waals surface area contributed by atoms with E-state index in [1.165, 1.54) is 32.1 Å². The first-order valence-corrected chi connectivity index (χ1v) is 6.39. The molecule has 2 saturated heterocycles. The number of hydrogen-bond acceptors (Lipinski definition) is 2. The van der Waals surface area contributed by atoms with Crippen molar-refractivity contribution < 1.29 is 4.79 Å². The number of likely N-dealkylation sites (tertiary alicyclic amines) is 1. The minimum atomic E-state index is 0.205. The average Bonchev–Trinajstić information content (AvgIpc) is 3.13. The Bertz CT molecular complexity index is 313. The second-order valence-corrected chi connectivity index (χ2v) is 5.83. The Balaban J connectivity index is 1.43. The number of carbonyl (C=O) groups excluding carboxylic acids is 1. The number of piperidine rings is 1. The van der Waals surface area contributed by atoms with Gasteiger partial charge in [0.15, 0.2) is 0 Å². The third-order valence-corrected chi connectivity index (χ3v) is 4.71. The van der Waals surface area contributed by atoms with E-state index in [-0.39, 0.29) is 6.04 Å². The molecule has 1 N–H and O–H groups in total. The van der Waals surface area contributed by atoms with Crippen molar-refractivity contribution in [1.82, 2.24) is 10.2 Å². The van der Waals surface area contributed by atoms with Crippen LogP contribution in [-0.2, 0) is 4.79 Å². The number of carbonyl (C=O) groups is 1. The normalized spacial score (nSPS) is 47.3. The number of hydrogen-bond donors (Lipinski definition) is 1. The summed E-state index contributed by atoms with van der Waals surface area (Å²) in [4.78, 5) is 14.4. The summed E-state index contributed by atoms with van der Waals surface area (Å²) in [5.41, 5.74) is 0. The zero-order valence-electron chi connectivity index (χ0n) is 8.98. The lowest BCUT2D eigenvalue weighted by Gasteiger charge is -2.26. The highest BCUT2D eigenvalue weighted by Gasteiger charge is 2.54. The number of amides is 1. The predicted octanol–water partition coefficient (Wildman–Crippen LogP) is 0.748. The van der Waals surface area contributed by atoms with Gasteiger partial charge in [0.25, 0.3) is 0 Å². The van der Waals surface area contributed by atoms with Gasteiger partial charge in [-0.2, -0.15) is 0 Å². The van der Waals surface area contributed by atoms with Crippen LogP contribution in [0.5, 0.6) is 0 Å². The van der Waals surface area contributed by atoms with Crippen LogP contribution in [0.4, 0.5) is 0 Å². The first-order chi connectivity index (χ1) is 7.33. The summed E-state index contributed by atoms with van der Waals surface area (Å²) in [5, 5.41) is 3.38. The fourth-order valence-electron chi connectivity index (χ4n) is 3.61. The van der Waals surface area contributed by atoms with Crippen molar-refractivity contribution in [2.45, 2.75) is 50.2 Å². The molecule has 0 spiro atoms. The summed E-state index contributed by atoms with van der Waals surface area (Å²) >= 11 is 0. The van der Waals surface area contributed by atoms with E-state index in [0.717, 1.165) is 18.4 Å². The molecular weight excluding hydrogens is 188 g/mol. The largest absolute Gasteiger partial charge is 0.338 e. The molecule has 0 aromatic carbocycles. The van der Waals surface area contributed by atoms with E-state index >= 15 is 0 Å². The molecule has 0 aromatic heterocycles. The molecule has 0 radical (unpaired) electrons. The van der Waals surface area contributed by atoms with Gasteiger partial charge in [0.2, 0.25) is 5.91 Å². The Labute approximate surface area is 90.2 Å². The van der Waals surface area contributed by atoms with Crippen molar-refractivity contribution in [1.29, 1.82) is 0 Å². The summed E-state index contributed by atoms with van der Waals surface area (Å²) in [6.07, 6.45) is 6.59. The van der Waals surface area contributed by atoms with Gasteiger partial charge in [-0.3, -0.25) is 10.1 Å². The van der Waals surface area contributed by atoms with E-state index in [2.05, 4.69) is 10.2 Å². The third kappa shape index (κ3) is 1.25. The molecule has 4 rings (SSSR count). The van der Waals surface area contributed by atoms with E-state index in [9.17, 15) is 4.79 Å². The van der Waals surface area contributed by atoms with Gasteiger partial charge < -0.3 is 4.90 Å². The molecule has 2 heterocycles. The van der Waals surface area contributed by atoms with Crippen molar-refractivity contribution in [3.05, 3.63) is 0 Å². The first kappa shape index (κ1) is 8.57. The van der Waals surface area contributed by atoms with Gasteiger partial charge in [0.05, 0.1) is 0 Å². The maximum absolute atomic E-state index is 12.2. The Morgan fingerprint density at radius 2 is 2.07 bits per heavy atom. The van der Waals surface area contributed by atoms with Gasteiger partial charge in [0, 0.05) is 18.6 Å². The molecule has 3 nitrogen and oxygen atoms in total. The van der Waals surface area contributed by atoms with Gasteiger partial charge >= 0.3 is 0 Å². The summed E-state index contributed by atoms with van der Waals surface area (Å²) in [6, 6.07) is 1.36. The van der Waals surface area contributed by atoms with Crippen LogP contribution in [0.2, 0.25) is 0 Å². The molecule has 2 saturated carbocycles. The van der Waals surface area contributed by atoms with Crippen molar-refractivity contribution in [2.75, 3.05) is 6.54 Å². The van der Waals surface area contributed by atoms with Crippen LogP contribution >= 0.6 is 0 Å². The van der Waals surface area contributed by atoms with Crippen LogP contribution in [0.15, 0.2) is 0 Å². The quantitative estimate of drug-likeness (QED) is 0.677. The second-order valence-electron chi connectivity index (χ2n) is 5.83. The highest BCUT2D eigenvalue weighted by Crippen LogP contribution is 2.42. The molecule has 4 aliphatic rings. The molecule has 3 heteroatoms. The van der Waals surface area contributed by atoms with Crippen LogP contribution in [0, 0.1) is 11.8 Å². The zero-order valence-corrected chi connectivity index (χ0v) is 8.98. The van der Waals surface area contributed by atoms with Gasteiger partial charge in [-0.15, -0.1) is 0 Å². The monoisotopic (exact) mass is 206 g/mol. The number of rotatable bonds is 2. The minimum absolute atomic E-state index is 0.205. The maximum atomic E-state index is 12.2. The summed E-state index contributed by atoms with van der Waals surface area (Å²) in [6.45, 7) is 1.05. The average molecular weight is 206 g/mol. The highest BCUT2D eigenvalue weighted by atomic mass is 16.2. The van der Waals surface area contributed by atoms with Gasteiger partial charge in [-0.1, -0.05) is 0 Å². The fraction of sp³-hybridized carbons (Fsp3) is 0.917. The van der Waals surface area contributed by atoms with Gasteiger partial charge in [-0.25, -0.2) is 0 Å². The van der Waals surface area contributed by atoms with E-state index in [1.54, 1.807) is 0 Å². The molecule has 1 amide bonds. The van der Waals surface area contributed by atoms with Gasteiger partial charge in [-0.05, 0) is 43.9 Å². The van der Waals surface area contributed by atoms with E-state index in [1.807, 2.05) is 0 Å². The smallest absolute Gasteiger partial charge is 0.241 e. The molecule has 4 atom stereocenters. The molecular formula is C12H18N2O. The molecule has 15 heavy (non-hydrogen) atoms. The van der Waals surface area contributed by atoms with Crippen molar-refractivity contribution >= 4 is 5.91 Å². The van der Waals surface area contributed by atoms with Crippen molar-refractivity contribution in [3.8, 4) is 0 Å². The summed E-state index contributed by atoms with van der Waals surface area (Å²) in [5.74, 6) is 2.08. The van der Waals surface area contributed by atoms with E-state index in [0.29, 0.717) is 18.0 Å². The molecule has 2 aliphatic carbocycles. The molecule has 0 unspecified atom stereocenters. The van der Waals surface area contributed by atoms with Crippen LogP contribution in [0.1, 0.15) is 32.1 Å². The molecule has 2 bridgehead atoms. The zero-order chi connectivity index (χ0) is 9.99. The van der Waals surface area contributed by atoms with Crippen LogP contribution < -0.4 is 5.32 Å². The lowest BCUT2D eigenvalue weighted by molar-refractivity contribution is -0.132. The predicted molar refractivity (Wildman–Crippen MR) is 56.3 cm³/mol. The Morgan fingerprint density at radius 1 is 1.20 bits per heavy atom. The minimum Gasteiger partial charge on any atom is -0.338 e. The standard InChI is InChI=1S/C12H18N2O/c15-12(11-10(13-11)8-2-3-8)14-6-7-1-4-9(14)5-7/h7-11,13H,1-6H2/t7-,9+,10-,11+/m0/s1. The summed E-state index contributed by atoms with van der Waals surface area (Å²) < 4.78 is 0. The maximum Gasteiger partial charge on any atom is 0.241 e. The molecule has 82 valence electrons. The Hall–Kier alpha value is -0.570. The Morgan fingerprint density at radius 3 is 2.67 bits per heavy atom. The van der Waals surface area contributed by atoms with E-state index < -0.39 is 0 Å². The fourth-order valence-corrected chi connectivity index (χ4v) is 3.61. The topological polar surface area (TPSA) is 42.3 Å². The number of nitrogens with one attached hydrogen (secondary N) is 1. The third-order valence-electron chi connectivity index (χ3n) is 4.71. The molecule has 4 fully saturated rings. The Kier molecular flexibility index (Phi) is 1.58. The molecule has 0 aromatic rings. The van der Waals surface area contributed by atoms with E-state index in [4.69, 9.17) is 0 Å². The van der Waals surface area contributed by atoms with Crippen LogP contribution in [0.25, 0.3) is 0 Å². The number of fused-ring (bicyclic) bond motifs is 2. The highest BCUT2D eigenvalue weighted by molar-refractivity contribution is 5.86. The van der Waals surface area contributed by atoms with Gasteiger partial charge in [0.1, 0.15) is 6.04 Å². The first-order valence-electron chi connectivity index (χ1n) is 6.39. The lowest BCUT2D eigenvalue weighted by Crippen LogP contribution is -2.41. The number of nitrogens with zero attached hydrogens (tertiary/aromatic N) is 1. The molecule has 2 aliphatic heterocycles. The van der Waals surface area contributed by atoms with Crippen molar-refractivity contribution in [3.63, 3.8) is 0 Å². The SMILES string of the molecule is O=C([C@@H]1N[C@H]1C1CC1)N1C[C@H]2CC[C@@H]1C2.